The number of nitro benzene ring substituents is 1. The van der Waals surface area contributed by atoms with E-state index in [1.807, 2.05) is 48.5 Å². The van der Waals surface area contributed by atoms with E-state index in [0.717, 1.165) is 15.4 Å². The van der Waals surface area contributed by atoms with Gasteiger partial charge in [-0.2, -0.15) is 0 Å². The second-order valence-corrected chi connectivity index (χ2v) is 7.08. The van der Waals surface area contributed by atoms with E-state index in [1.165, 1.54) is 12.1 Å². The summed E-state index contributed by atoms with van der Waals surface area (Å²) in [5.74, 6) is 0. The molecule has 0 fully saturated rings. The first-order valence-corrected chi connectivity index (χ1v) is 9.22. The van der Waals surface area contributed by atoms with Crippen LogP contribution >= 0.6 is 23.4 Å². The lowest BCUT2D eigenvalue weighted by atomic mass is 10.2. The molecule has 7 heteroatoms. The lowest BCUT2D eigenvalue weighted by Gasteiger charge is -2.05. The zero-order valence-corrected chi connectivity index (χ0v) is 15.7. The molecular formula is C20H15ClN2O3S. The molecule has 0 heterocycles. The molecule has 0 aliphatic heterocycles. The summed E-state index contributed by atoms with van der Waals surface area (Å²) >= 11 is 7.53. The summed E-state index contributed by atoms with van der Waals surface area (Å²) in [7, 11) is 0. The second kappa shape index (κ2) is 9.21. The van der Waals surface area contributed by atoms with E-state index in [4.69, 9.17) is 16.4 Å². The Balaban J connectivity index is 1.64. The summed E-state index contributed by atoms with van der Waals surface area (Å²) in [6.45, 7) is 0.157. The van der Waals surface area contributed by atoms with Crippen molar-refractivity contribution in [1.82, 2.24) is 0 Å². The van der Waals surface area contributed by atoms with Crippen LogP contribution in [0.3, 0.4) is 0 Å². The molecule has 5 nitrogen and oxygen atoms in total. The van der Waals surface area contributed by atoms with E-state index >= 15 is 0 Å². The highest BCUT2D eigenvalue weighted by atomic mass is 35.5. The van der Waals surface area contributed by atoms with Crippen LogP contribution in [-0.2, 0) is 11.4 Å². The average molecular weight is 399 g/mol. The number of halogens is 1. The number of non-ortho nitro benzene ring substituents is 1. The van der Waals surface area contributed by atoms with Gasteiger partial charge in [0.25, 0.3) is 5.69 Å². The normalized spacial score (nSPS) is 10.9. The topological polar surface area (TPSA) is 64.7 Å². The van der Waals surface area contributed by atoms with Crippen molar-refractivity contribution < 1.29 is 9.76 Å². The van der Waals surface area contributed by atoms with E-state index in [0.29, 0.717) is 10.6 Å². The molecule has 3 aromatic rings. The van der Waals surface area contributed by atoms with Crippen molar-refractivity contribution in [1.29, 1.82) is 0 Å². The second-order valence-electron chi connectivity index (χ2n) is 5.53. The number of nitro groups is 1. The Bertz CT molecular complexity index is 961. The first kappa shape index (κ1) is 18.9. The predicted octanol–water partition coefficient (Wildman–Crippen LogP) is 5.95. The van der Waals surface area contributed by atoms with Crippen LogP contribution in [-0.4, -0.2) is 11.1 Å². The molecule has 3 rings (SSSR count). The van der Waals surface area contributed by atoms with Crippen LogP contribution in [0.5, 0.6) is 0 Å². The molecule has 0 bridgehead atoms. The van der Waals surface area contributed by atoms with Gasteiger partial charge in [0.2, 0.25) is 0 Å². The largest absolute Gasteiger partial charge is 0.391 e. The van der Waals surface area contributed by atoms with Gasteiger partial charge in [-0.05, 0) is 35.9 Å². The predicted molar refractivity (Wildman–Crippen MR) is 107 cm³/mol. The number of hydrogen-bond acceptors (Lipinski definition) is 5. The van der Waals surface area contributed by atoms with Gasteiger partial charge in [-0.3, -0.25) is 10.1 Å². The number of benzene rings is 3. The van der Waals surface area contributed by atoms with Crippen molar-refractivity contribution in [3.05, 3.63) is 99.1 Å². The number of rotatable bonds is 7. The summed E-state index contributed by atoms with van der Waals surface area (Å²) in [4.78, 5) is 17.8. The van der Waals surface area contributed by atoms with Crippen LogP contribution in [0.4, 0.5) is 5.69 Å². The minimum Gasteiger partial charge on any atom is -0.391 e. The van der Waals surface area contributed by atoms with E-state index in [1.54, 1.807) is 30.1 Å². The van der Waals surface area contributed by atoms with Gasteiger partial charge >= 0.3 is 0 Å². The Hall–Kier alpha value is -2.83. The smallest absolute Gasteiger partial charge is 0.269 e. The lowest BCUT2D eigenvalue weighted by molar-refractivity contribution is -0.384. The summed E-state index contributed by atoms with van der Waals surface area (Å²) in [5.41, 5.74) is 1.63. The monoisotopic (exact) mass is 398 g/mol. The molecule has 0 atom stereocenters. The van der Waals surface area contributed by atoms with Crippen molar-refractivity contribution in [2.45, 2.75) is 16.4 Å². The van der Waals surface area contributed by atoms with Crippen molar-refractivity contribution in [3.63, 3.8) is 0 Å². The number of hydrogen-bond donors (Lipinski definition) is 0. The van der Waals surface area contributed by atoms with Crippen LogP contribution < -0.4 is 0 Å². The van der Waals surface area contributed by atoms with Gasteiger partial charge in [0.15, 0.2) is 0 Å². The third-order valence-corrected chi connectivity index (χ3v) is 4.93. The average Bonchev–Trinajstić information content (AvgIpc) is 2.68. The summed E-state index contributed by atoms with van der Waals surface area (Å²) in [5, 5.41) is 15.5. The van der Waals surface area contributed by atoms with E-state index in [2.05, 4.69) is 5.16 Å². The highest BCUT2D eigenvalue weighted by molar-refractivity contribution is 7.99. The van der Waals surface area contributed by atoms with Crippen LogP contribution in [0.25, 0.3) is 0 Å². The van der Waals surface area contributed by atoms with Crippen molar-refractivity contribution in [2.24, 2.45) is 5.16 Å². The molecule has 27 heavy (non-hydrogen) atoms. The molecule has 0 radical (unpaired) electrons. The maximum atomic E-state index is 10.8. The van der Waals surface area contributed by atoms with Gasteiger partial charge in [-0.25, -0.2) is 0 Å². The third kappa shape index (κ3) is 5.57. The molecule has 3 aromatic carbocycles. The SMILES string of the molecule is O=[N+]([O-])c1cccc(CO/N=C/c2ccccc2Sc2ccc(Cl)cc2)c1. The van der Waals surface area contributed by atoms with Crippen molar-refractivity contribution >= 4 is 35.3 Å². The third-order valence-electron chi connectivity index (χ3n) is 3.58. The fourth-order valence-electron chi connectivity index (χ4n) is 2.28. The Morgan fingerprint density at radius 2 is 1.85 bits per heavy atom. The zero-order chi connectivity index (χ0) is 19.1. The first-order valence-electron chi connectivity index (χ1n) is 8.03. The van der Waals surface area contributed by atoms with Gasteiger partial charge < -0.3 is 4.84 Å². The van der Waals surface area contributed by atoms with Gasteiger partial charge in [-0.15, -0.1) is 0 Å². The zero-order valence-electron chi connectivity index (χ0n) is 14.1. The molecule has 0 spiro atoms. The highest BCUT2D eigenvalue weighted by Crippen LogP contribution is 2.30. The Morgan fingerprint density at radius 3 is 2.63 bits per heavy atom. The van der Waals surface area contributed by atoms with Crippen molar-refractivity contribution in [2.75, 3.05) is 0 Å². The molecule has 0 aromatic heterocycles. The van der Waals surface area contributed by atoms with E-state index < -0.39 is 4.92 Å². The van der Waals surface area contributed by atoms with Crippen LogP contribution in [0, 0.1) is 10.1 Å². The summed E-state index contributed by atoms with van der Waals surface area (Å²) < 4.78 is 0. The lowest BCUT2D eigenvalue weighted by Crippen LogP contribution is -1.92. The summed E-state index contributed by atoms with van der Waals surface area (Å²) in [6.07, 6.45) is 1.63. The Kier molecular flexibility index (Phi) is 6.46. The van der Waals surface area contributed by atoms with Gasteiger partial charge in [-0.1, -0.05) is 58.9 Å². The molecule has 0 saturated carbocycles. The standard InChI is InChI=1S/C20H15ClN2O3S/c21-17-8-10-19(11-9-17)27-20-7-2-1-5-16(20)13-22-26-14-15-4-3-6-18(12-15)23(24)25/h1-13H,14H2/b22-13+. The fourth-order valence-corrected chi connectivity index (χ4v) is 3.31. The van der Waals surface area contributed by atoms with Crippen LogP contribution in [0.1, 0.15) is 11.1 Å². The minimum atomic E-state index is -0.434. The van der Waals surface area contributed by atoms with Crippen LogP contribution in [0.15, 0.2) is 87.7 Å². The molecular weight excluding hydrogens is 384 g/mol. The van der Waals surface area contributed by atoms with E-state index in [9.17, 15) is 10.1 Å². The minimum absolute atomic E-state index is 0.0322. The fraction of sp³-hybridized carbons (Fsp3) is 0.0500. The molecule has 0 amide bonds. The van der Waals surface area contributed by atoms with Gasteiger partial charge in [0.05, 0.1) is 11.1 Å². The van der Waals surface area contributed by atoms with Crippen molar-refractivity contribution in [3.8, 4) is 0 Å². The molecule has 0 N–H and O–H groups in total. The Labute approximate surface area is 165 Å². The Morgan fingerprint density at radius 1 is 1.07 bits per heavy atom. The molecule has 0 aliphatic carbocycles. The highest BCUT2D eigenvalue weighted by Gasteiger charge is 2.06. The van der Waals surface area contributed by atoms with Gasteiger partial charge in [0, 0.05) is 32.5 Å². The van der Waals surface area contributed by atoms with E-state index in [-0.39, 0.29) is 12.3 Å². The first-order chi connectivity index (χ1) is 13.1. The molecule has 0 saturated heterocycles. The quantitative estimate of drug-likeness (QED) is 0.280. The number of oxime groups is 1. The number of nitrogens with zero attached hydrogens (tertiary/aromatic N) is 2. The maximum absolute atomic E-state index is 10.8. The van der Waals surface area contributed by atoms with Crippen LogP contribution in [0.2, 0.25) is 5.02 Å². The molecule has 0 unspecified atom stereocenters. The maximum Gasteiger partial charge on any atom is 0.269 e. The summed E-state index contributed by atoms with van der Waals surface area (Å²) in [6, 6.07) is 21.7. The van der Waals surface area contributed by atoms with Gasteiger partial charge in [0.1, 0.15) is 6.61 Å². The molecule has 136 valence electrons. The molecule has 0 aliphatic rings.